The van der Waals surface area contributed by atoms with E-state index < -0.39 is 0 Å². The summed E-state index contributed by atoms with van der Waals surface area (Å²) in [6, 6.07) is 10.8. The average Bonchev–Trinajstić information content (AvgIpc) is 2.84. The number of rotatable bonds is 2. The Bertz CT molecular complexity index is 373. The lowest BCUT2D eigenvalue weighted by atomic mass is 10.1. The van der Waals surface area contributed by atoms with Crippen LogP contribution >= 0.6 is 0 Å². The average molecular weight is 201 g/mol. The Balaban J connectivity index is 1.77. The highest BCUT2D eigenvalue weighted by Gasteiger charge is 2.44. The van der Waals surface area contributed by atoms with E-state index in [1.165, 1.54) is 12.0 Å². The molecule has 2 aliphatic rings. The third kappa shape index (κ3) is 1.44. The van der Waals surface area contributed by atoms with Crippen LogP contribution in [0.1, 0.15) is 24.8 Å². The zero-order valence-corrected chi connectivity index (χ0v) is 8.73. The molecule has 2 atom stereocenters. The van der Waals surface area contributed by atoms with Gasteiger partial charge in [-0.05, 0) is 24.8 Å². The second kappa shape index (κ2) is 3.37. The smallest absolute Gasteiger partial charge is 0.226 e. The van der Waals surface area contributed by atoms with Crippen molar-refractivity contribution in [2.45, 2.75) is 31.8 Å². The Morgan fingerprint density at radius 2 is 2.00 bits per heavy atom. The summed E-state index contributed by atoms with van der Waals surface area (Å²) >= 11 is 0. The summed E-state index contributed by atoms with van der Waals surface area (Å²) in [7, 11) is 0. The number of carbonyl (C=O) groups is 1. The molecule has 2 bridgehead atoms. The maximum absolute atomic E-state index is 11.9. The topological polar surface area (TPSA) is 20.3 Å². The maximum atomic E-state index is 11.9. The van der Waals surface area contributed by atoms with Gasteiger partial charge in [0.1, 0.15) is 0 Å². The number of nitrogens with zero attached hydrogens (tertiary/aromatic N) is 1. The van der Waals surface area contributed by atoms with Gasteiger partial charge in [-0.2, -0.15) is 0 Å². The van der Waals surface area contributed by atoms with Crippen molar-refractivity contribution in [1.82, 2.24) is 4.90 Å². The van der Waals surface area contributed by atoms with E-state index in [0.29, 0.717) is 17.9 Å². The quantitative estimate of drug-likeness (QED) is 0.718. The van der Waals surface area contributed by atoms with Crippen LogP contribution in [0.3, 0.4) is 0 Å². The van der Waals surface area contributed by atoms with Gasteiger partial charge in [0, 0.05) is 18.5 Å². The molecule has 0 N–H and O–H groups in total. The zero-order chi connectivity index (χ0) is 10.3. The predicted molar refractivity (Wildman–Crippen MR) is 58.1 cm³/mol. The first-order valence-electron chi connectivity index (χ1n) is 5.69. The molecule has 1 amide bonds. The number of hydrogen-bond donors (Lipinski definition) is 0. The number of fused-ring (bicyclic) bond motifs is 2. The van der Waals surface area contributed by atoms with Gasteiger partial charge in [0.25, 0.3) is 0 Å². The normalized spacial score (nSPS) is 28.8. The molecule has 1 saturated carbocycles. The van der Waals surface area contributed by atoms with Gasteiger partial charge in [-0.25, -0.2) is 0 Å². The van der Waals surface area contributed by atoms with Crippen LogP contribution in [-0.2, 0) is 11.3 Å². The predicted octanol–water partition coefficient (Wildman–Crippen LogP) is 2.20. The van der Waals surface area contributed by atoms with E-state index >= 15 is 0 Å². The standard InChI is InChI=1S/C13H15NO/c15-13-11-6-7-12(8-11)14(13)9-10-4-2-1-3-5-10/h1-5,11-12H,6-9H2. The first-order valence-corrected chi connectivity index (χ1v) is 5.69. The number of hydrogen-bond acceptors (Lipinski definition) is 1. The minimum atomic E-state index is 0.346. The molecule has 78 valence electrons. The molecule has 2 unspecified atom stereocenters. The van der Waals surface area contributed by atoms with E-state index in [0.717, 1.165) is 19.4 Å². The zero-order valence-electron chi connectivity index (χ0n) is 8.73. The SMILES string of the molecule is O=C1C2CCC(C2)N1Cc1ccccc1. The Kier molecular flexibility index (Phi) is 2.01. The summed E-state index contributed by atoms with van der Waals surface area (Å²) in [6.45, 7) is 0.806. The minimum Gasteiger partial charge on any atom is -0.335 e. The van der Waals surface area contributed by atoms with Gasteiger partial charge in [0.05, 0.1) is 0 Å². The number of carbonyl (C=O) groups excluding carboxylic acids is 1. The van der Waals surface area contributed by atoms with Crippen LogP contribution in [0, 0.1) is 5.92 Å². The highest BCUT2D eigenvalue weighted by molar-refractivity contribution is 5.82. The van der Waals surface area contributed by atoms with Crippen LogP contribution in [-0.4, -0.2) is 16.8 Å². The Labute approximate surface area is 89.9 Å². The van der Waals surface area contributed by atoms with E-state index in [9.17, 15) is 4.79 Å². The van der Waals surface area contributed by atoms with Gasteiger partial charge in [0.15, 0.2) is 0 Å². The Morgan fingerprint density at radius 1 is 1.20 bits per heavy atom. The molecule has 3 rings (SSSR count). The Morgan fingerprint density at radius 3 is 2.67 bits per heavy atom. The number of piperidine rings is 1. The Hall–Kier alpha value is -1.31. The highest BCUT2D eigenvalue weighted by Crippen LogP contribution is 2.39. The van der Waals surface area contributed by atoms with Crippen LogP contribution in [0.15, 0.2) is 30.3 Å². The van der Waals surface area contributed by atoms with E-state index in [1.807, 2.05) is 18.2 Å². The van der Waals surface area contributed by atoms with Crippen molar-refractivity contribution in [3.05, 3.63) is 35.9 Å². The molecule has 0 spiro atoms. The molecule has 0 aromatic heterocycles. The fourth-order valence-corrected chi connectivity index (χ4v) is 2.87. The molecule has 2 fully saturated rings. The third-order valence-corrected chi connectivity index (χ3v) is 3.67. The molecule has 1 heterocycles. The van der Waals surface area contributed by atoms with Gasteiger partial charge in [-0.3, -0.25) is 4.79 Å². The summed E-state index contributed by atoms with van der Waals surface area (Å²) in [6.07, 6.45) is 3.43. The molecule has 0 radical (unpaired) electrons. The molecule has 15 heavy (non-hydrogen) atoms. The monoisotopic (exact) mass is 201 g/mol. The molecule has 1 aromatic rings. The molecule has 1 aromatic carbocycles. The van der Waals surface area contributed by atoms with E-state index in [-0.39, 0.29) is 0 Å². The van der Waals surface area contributed by atoms with Crippen LogP contribution in [0.25, 0.3) is 0 Å². The van der Waals surface area contributed by atoms with Crippen LogP contribution in [0.2, 0.25) is 0 Å². The van der Waals surface area contributed by atoms with Crippen molar-refractivity contribution in [3.8, 4) is 0 Å². The van der Waals surface area contributed by atoms with Crippen LogP contribution in [0.5, 0.6) is 0 Å². The van der Waals surface area contributed by atoms with Gasteiger partial charge in [-0.15, -0.1) is 0 Å². The summed E-state index contributed by atoms with van der Waals surface area (Å²) in [5.74, 6) is 0.730. The van der Waals surface area contributed by atoms with Gasteiger partial charge >= 0.3 is 0 Å². The van der Waals surface area contributed by atoms with Gasteiger partial charge in [-0.1, -0.05) is 30.3 Å². The van der Waals surface area contributed by atoms with Gasteiger partial charge < -0.3 is 4.90 Å². The number of likely N-dealkylation sites (tertiary alicyclic amines) is 1. The lowest BCUT2D eigenvalue weighted by Gasteiger charge is -2.27. The van der Waals surface area contributed by atoms with E-state index in [1.54, 1.807) is 0 Å². The fourth-order valence-electron chi connectivity index (χ4n) is 2.87. The first-order chi connectivity index (χ1) is 7.34. The molecule has 1 aliphatic heterocycles. The van der Waals surface area contributed by atoms with E-state index in [4.69, 9.17) is 0 Å². The lowest BCUT2D eigenvalue weighted by Crippen LogP contribution is -2.36. The van der Waals surface area contributed by atoms with Crippen LogP contribution < -0.4 is 0 Å². The summed E-state index contributed by atoms with van der Waals surface area (Å²) in [5.41, 5.74) is 1.25. The summed E-state index contributed by atoms with van der Waals surface area (Å²) in [4.78, 5) is 14.0. The number of amides is 1. The largest absolute Gasteiger partial charge is 0.335 e. The molecular weight excluding hydrogens is 186 g/mol. The van der Waals surface area contributed by atoms with Gasteiger partial charge in [0.2, 0.25) is 5.91 Å². The van der Waals surface area contributed by atoms with Crippen molar-refractivity contribution in [2.75, 3.05) is 0 Å². The molecular formula is C13H15NO. The summed E-state index contributed by atoms with van der Waals surface area (Å²) < 4.78 is 0. The molecule has 1 saturated heterocycles. The third-order valence-electron chi connectivity index (χ3n) is 3.67. The van der Waals surface area contributed by atoms with Crippen molar-refractivity contribution < 1.29 is 4.79 Å². The van der Waals surface area contributed by atoms with Crippen LogP contribution in [0.4, 0.5) is 0 Å². The molecule has 1 aliphatic carbocycles. The second-order valence-electron chi connectivity index (χ2n) is 4.62. The van der Waals surface area contributed by atoms with Crippen molar-refractivity contribution in [1.29, 1.82) is 0 Å². The van der Waals surface area contributed by atoms with Crippen molar-refractivity contribution in [3.63, 3.8) is 0 Å². The minimum absolute atomic E-state index is 0.346. The van der Waals surface area contributed by atoms with E-state index in [2.05, 4.69) is 17.0 Å². The second-order valence-corrected chi connectivity index (χ2v) is 4.62. The molecule has 2 heteroatoms. The maximum Gasteiger partial charge on any atom is 0.226 e. The van der Waals surface area contributed by atoms with Crippen molar-refractivity contribution in [2.24, 2.45) is 5.92 Å². The fraction of sp³-hybridized carbons (Fsp3) is 0.462. The first kappa shape index (κ1) is 8.96. The number of benzene rings is 1. The highest BCUT2D eigenvalue weighted by atomic mass is 16.2. The molecule has 2 nitrogen and oxygen atoms in total. The summed E-state index contributed by atoms with van der Waals surface area (Å²) in [5, 5.41) is 0. The lowest BCUT2D eigenvalue weighted by molar-refractivity contribution is -0.134. The van der Waals surface area contributed by atoms with Crippen molar-refractivity contribution >= 4 is 5.91 Å².